The van der Waals surface area contributed by atoms with Crippen LogP contribution >= 0.6 is 0 Å². The third kappa shape index (κ3) is 39.4. The zero-order valence-corrected chi connectivity index (χ0v) is 31.4. The third-order valence-corrected chi connectivity index (χ3v) is 7.63. The summed E-state index contributed by atoms with van der Waals surface area (Å²) in [6.07, 6.45) is 60.2. The van der Waals surface area contributed by atoms with E-state index in [-0.39, 0.29) is 25.6 Å². The lowest BCUT2D eigenvalue weighted by atomic mass is 10.1. The molecule has 0 aromatic rings. The van der Waals surface area contributed by atoms with Gasteiger partial charge in [-0.15, -0.1) is 0 Å². The Bertz CT molecular complexity index is 976. The molecule has 1 atom stereocenters. The van der Waals surface area contributed by atoms with E-state index >= 15 is 0 Å². The Labute approximate surface area is 302 Å². The number of hydrogen-bond donors (Lipinski definition) is 1. The van der Waals surface area contributed by atoms with Gasteiger partial charge in [0.15, 0.2) is 0 Å². The zero-order chi connectivity index (χ0) is 35.6. The van der Waals surface area contributed by atoms with E-state index in [4.69, 9.17) is 9.47 Å². The van der Waals surface area contributed by atoms with Crippen LogP contribution in [0.2, 0.25) is 0 Å². The highest BCUT2D eigenvalue weighted by Crippen LogP contribution is 2.11. The van der Waals surface area contributed by atoms with Crippen LogP contribution < -0.4 is 0 Å². The van der Waals surface area contributed by atoms with Crippen molar-refractivity contribution in [3.05, 3.63) is 109 Å². The fourth-order valence-corrected chi connectivity index (χ4v) is 4.80. The van der Waals surface area contributed by atoms with E-state index < -0.39 is 6.10 Å². The molecule has 1 unspecified atom stereocenters. The van der Waals surface area contributed by atoms with Gasteiger partial charge in [0.2, 0.25) is 0 Å². The average molecular weight is 677 g/mol. The quantitative estimate of drug-likeness (QED) is 0.0419. The van der Waals surface area contributed by atoms with Crippen molar-refractivity contribution >= 4 is 5.97 Å². The Morgan fingerprint density at radius 2 is 0.857 bits per heavy atom. The lowest BCUT2D eigenvalue weighted by Gasteiger charge is -2.15. The van der Waals surface area contributed by atoms with Gasteiger partial charge in [-0.3, -0.25) is 4.79 Å². The smallest absolute Gasteiger partial charge is 0.310 e. The topological polar surface area (TPSA) is 55.8 Å². The van der Waals surface area contributed by atoms with Crippen LogP contribution in [-0.4, -0.2) is 37.0 Å². The summed E-state index contributed by atoms with van der Waals surface area (Å²) in [5.74, 6) is -0.334. The molecule has 0 saturated heterocycles. The standard InChI is InChI=1S/C45H72O4/c1-3-5-7-9-11-13-15-17-19-20-21-22-23-24-25-27-29-31-33-35-37-39-41-48-43-44(42-46)49-45(47)40-38-36-34-32-30-28-26-18-16-14-12-10-8-6-4-2/h5-8,11-14,17-19,21-22,26,30,32,36,38,44,46H,3-4,9-10,15-16,20,23-25,27-29,31,33-35,37,39-43H2,1-2H3/b7-5-,8-6-,13-11-,14-12-,19-17-,22-21-,26-18-,32-30-,38-36-. The van der Waals surface area contributed by atoms with E-state index in [1.807, 2.05) is 12.2 Å². The zero-order valence-electron chi connectivity index (χ0n) is 31.4. The van der Waals surface area contributed by atoms with Gasteiger partial charge >= 0.3 is 5.97 Å². The van der Waals surface area contributed by atoms with E-state index in [1.165, 1.54) is 51.4 Å². The Morgan fingerprint density at radius 1 is 0.490 bits per heavy atom. The van der Waals surface area contributed by atoms with Gasteiger partial charge in [0.25, 0.3) is 0 Å². The van der Waals surface area contributed by atoms with Gasteiger partial charge in [-0.1, -0.05) is 168 Å². The molecule has 4 nitrogen and oxygen atoms in total. The number of aliphatic hydroxyl groups excluding tert-OH is 1. The maximum absolute atomic E-state index is 12.1. The summed E-state index contributed by atoms with van der Waals surface area (Å²) < 4.78 is 11.0. The number of unbranched alkanes of at least 4 members (excludes halogenated alkanes) is 9. The molecule has 0 rings (SSSR count). The minimum Gasteiger partial charge on any atom is -0.457 e. The van der Waals surface area contributed by atoms with Crippen LogP contribution in [-0.2, 0) is 14.3 Å². The Kier molecular flexibility index (Phi) is 38.7. The highest BCUT2D eigenvalue weighted by molar-refractivity contribution is 5.71. The lowest BCUT2D eigenvalue weighted by Crippen LogP contribution is -2.27. The molecule has 0 bridgehead atoms. The molecular formula is C45H72O4. The predicted molar refractivity (Wildman–Crippen MR) is 214 cm³/mol. The van der Waals surface area contributed by atoms with Crippen molar-refractivity contribution in [2.75, 3.05) is 19.8 Å². The van der Waals surface area contributed by atoms with Crippen molar-refractivity contribution in [3.8, 4) is 0 Å². The molecule has 0 saturated carbocycles. The molecule has 0 radical (unpaired) electrons. The predicted octanol–water partition coefficient (Wildman–Crippen LogP) is 12.8. The maximum Gasteiger partial charge on any atom is 0.310 e. The summed E-state index contributed by atoms with van der Waals surface area (Å²) in [5, 5.41) is 9.56. The van der Waals surface area contributed by atoms with Crippen molar-refractivity contribution in [3.63, 3.8) is 0 Å². The Morgan fingerprint density at radius 3 is 1.29 bits per heavy atom. The first kappa shape index (κ1) is 46.1. The summed E-state index contributed by atoms with van der Waals surface area (Å²) >= 11 is 0. The number of allylic oxidation sites excluding steroid dienone is 17. The van der Waals surface area contributed by atoms with Crippen molar-refractivity contribution in [2.45, 2.75) is 148 Å². The molecule has 0 heterocycles. The number of esters is 1. The molecule has 0 aliphatic heterocycles. The second kappa shape index (κ2) is 41.2. The average Bonchev–Trinajstić information content (AvgIpc) is 3.11. The molecule has 0 aromatic carbocycles. The first-order chi connectivity index (χ1) is 24.2. The van der Waals surface area contributed by atoms with Gasteiger partial charge < -0.3 is 14.6 Å². The van der Waals surface area contributed by atoms with Gasteiger partial charge in [0.05, 0.1) is 19.6 Å². The maximum atomic E-state index is 12.1. The van der Waals surface area contributed by atoms with Crippen LogP contribution in [0.1, 0.15) is 142 Å². The summed E-state index contributed by atoms with van der Waals surface area (Å²) in [5.41, 5.74) is 0. The highest BCUT2D eigenvalue weighted by atomic mass is 16.6. The number of hydrogen-bond acceptors (Lipinski definition) is 4. The van der Waals surface area contributed by atoms with E-state index in [1.54, 1.807) is 0 Å². The molecule has 0 aliphatic carbocycles. The lowest BCUT2D eigenvalue weighted by molar-refractivity contribution is -0.153. The van der Waals surface area contributed by atoms with Crippen molar-refractivity contribution in [2.24, 2.45) is 0 Å². The van der Waals surface area contributed by atoms with Gasteiger partial charge in [-0.05, 0) is 77.0 Å². The molecule has 1 N–H and O–H groups in total. The van der Waals surface area contributed by atoms with Crippen molar-refractivity contribution in [1.29, 1.82) is 0 Å². The molecule has 0 aliphatic rings. The van der Waals surface area contributed by atoms with Crippen LogP contribution in [0.3, 0.4) is 0 Å². The molecule has 0 fully saturated rings. The second-order valence-corrected chi connectivity index (χ2v) is 12.3. The number of aliphatic hydroxyl groups is 1. The minimum atomic E-state index is -0.599. The van der Waals surface area contributed by atoms with Crippen LogP contribution in [0, 0.1) is 0 Å². The monoisotopic (exact) mass is 677 g/mol. The fraction of sp³-hybridized carbons (Fsp3) is 0.578. The van der Waals surface area contributed by atoms with Crippen LogP contribution in [0.5, 0.6) is 0 Å². The number of carbonyl (C=O) groups is 1. The minimum absolute atomic E-state index is 0.204. The first-order valence-corrected chi connectivity index (χ1v) is 19.5. The summed E-state index contributed by atoms with van der Waals surface area (Å²) in [6, 6.07) is 0. The molecule has 0 aromatic heterocycles. The van der Waals surface area contributed by atoms with Crippen molar-refractivity contribution < 1.29 is 19.4 Å². The number of rotatable bonds is 34. The SMILES string of the molecule is CC/C=C\C/C=C\C/C=C\C/C=C\C/C=C\CC(=O)OC(CO)COCCCCCCCCCCC/C=C\C/C=C\C/C=C\C/C=C\CC. The molecular weight excluding hydrogens is 604 g/mol. The van der Waals surface area contributed by atoms with Gasteiger partial charge in [-0.2, -0.15) is 0 Å². The normalized spacial score (nSPS) is 13.6. The van der Waals surface area contributed by atoms with Crippen LogP contribution in [0.4, 0.5) is 0 Å². The van der Waals surface area contributed by atoms with E-state index in [9.17, 15) is 9.90 Å². The highest BCUT2D eigenvalue weighted by Gasteiger charge is 2.12. The van der Waals surface area contributed by atoms with E-state index in [0.717, 1.165) is 70.6 Å². The summed E-state index contributed by atoms with van der Waals surface area (Å²) in [4.78, 5) is 12.1. The van der Waals surface area contributed by atoms with Gasteiger partial charge in [-0.25, -0.2) is 0 Å². The third-order valence-electron chi connectivity index (χ3n) is 7.63. The summed E-state index contributed by atoms with van der Waals surface area (Å²) in [7, 11) is 0. The first-order valence-electron chi connectivity index (χ1n) is 19.5. The number of carbonyl (C=O) groups excluding carboxylic acids is 1. The van der Waals surface area contributed by atoms with E-state index in [2.05, 4.69) is 111 Å². The fourth-order valence-electron chi connectivity index (χ4n) is 4.80. The Hall–Kier alpha value is -2.95. The largest absolute Gasteiger partial charge is 0.457 e. The molecule has 4 heteroatoms. The number of ether oxygens (including phenoxy) is 2. The van der Waals surface area contributed by atoms with Gasteiger partial charge in [0.1, 0.15) is 6.10 Å². The molecule has 49 heavy (non-hydrogen) atoms. The van der Waals surface area contributed by atoms with Crippen LogP contribution in [0.15, 0.2) is 109 Å². The van der Waals surface area contributed by atoms with E-state index in [0.29, 0.717) is 6.61 Å². The molecule has 0 amide bonds. The summed E-state index contributed by atoms with van der Waals surface area (Å²) in [6.45, 7) is 4.97. The second-order valence-electron chi connectivity index (χ2n) is 12.3. The molecule has 0 spiro atoms. The van der Waals surface area contributed by atoms with Crippen LogP contribution in [0.25, 0.3) is 0 Å². The van der Waals surface area contributed by atoms with Crippen molar-refractivity contribution in [1.82, 2.24) is 0 Å². The Balaban J connectivity index is 3.60. The van der Waals surface area contributed by atoms with Gasteiger partial charge in [0, 0.05) is 6.61 Å². The molecule has 276 valence electrons.